The average molecular weight is 311 g/mol. The standard InChI is InChI=1S/C15H9N3O5/c19-15-17(8-14-16-10-3-1-2-4-12(10)22-14)11-6-5-9(18(20)21)7-13(11)23-15/h1-7H,8H2. The van der Waals surface area contributed by atoms with Crippen LogP contribution in [-0.4, -0.2) is 14.5 Å². The molecule has 0 aliphatic rings. The van der Waals surface area contributed by atoms with Crippen LogP contribution in [0, 0.1) is 10.1 Å². The van der Waals surface area contributed by atoms with Crippen LogP contribution in [-0.2, 0) is 6.54 Å². The first-order valence-electron chi connectivity index (χ1n) is 6.74. The first kappa shape index (κ1) is 13.3. The average Bonchev–Trinajstić information content (AvgIpc) is 3.07. The van der Waals surface area contributed by atoms with Crippen molar-refractivity contribution in [2.45, 2.75) is 6.54 Å². The van der Waals surface area contributed by atoms with Gasteiger partial charge in [0.25, 0.3) is 5.69 Å². The second-order valence-corrected chi connectivity index (χ2v) is 4.94. The first-order chi connectivity index (χ1) is 11.1. The van der Waals surface area contributed by atoms with Crippen molar-refractivity contribution >= 4 is 27.9 Å². The molecule has 0 saturated carbocycles. The number of non-ortho nitro benzene ring substituents is 1. The summed E-state index contributed by atoms with van der Waals surface area (Å²) in [5.41, 5.74) is 1.78. The minimum absolute atomic E-state index is 0.0817. The van der Waals surface area contributed by atoms with Crippen LogP contribution in [0.3, 0.4) is 0 Å². The van der Waals surface area contributed by atoms with Crippen molar-refractivity contribution < 1.29 is 13.8 Å². The van der Waals surface area contributed by atoms with Crippen LogP contribution < -0.4 is 5.76 Å². The van der Waals surface area contributed by atoms with Crippen molar-refractivity contribution in [2.24, 2.45) is 0 Å². The van der Waals surface area contributed by atoms with Crippen molar-refractivity contribution in [1.82, 2.24) is 9.55 Å². The third kappa shape index (κ3) is 2.16. The fourth-order valence-corrected chi connectivity index (χ4v) is 2.44. The molecule has 0 amide bonds. The highest BCUT2D eigenvalue weighted by atomic mass is 16.6. The van der Waals surface area contributed by atoms with Crippen LogP contribution in [0.2, 0.25) is 0 Å². The van der Waals surface area contributed by atoms with E-state index in [1.54, 1.807) is 6.07 Å². The van der Waals surface area contributed by atoms with Crippen LogP contribution >= 0.6 is 0 Å². The zero-order valence-electron chi connectivity index (χ0n) is 11.6. The second-order valence-electron chi connectivity index (χ2n) is 4.94. The summed E-state index contributed by atoms with van der Waals surface area (Å²) in [6.07, 6.45) is 0. The zero-order valence-corrected chi connectivity index (χ0v) is 11.6. The Bertz CT molecular complexity index is 1070. The molecule has 0 aliphatic heterocycles. The summed E-state index contributed by atoms with van der Waals surface area (Å²) in [5.74, 6) is -0.267. The number of nitrogens with zero attached hydrogens (tertiary/aromatic N) is 3. The Morgan fingerprint density at radius 2 is 1.96 bits per heavy atom. The number of nitro benzene ring substituents is 1. The van der Waals surface area contributed by atoms with E-state index in [0.29, 0.717) is 22.5 Å². The molecule has 0 unspecified atom stereocenters. The number of benzene rings is 2. The minimum Gasteiger partial charge on any atom is -0.439 e. The Balaban J connectivity index is 1.80. The number of aromatic nitrogens is 2. The Morgan fingerprint density at radius 3 is 2.74 bits per heavy atom. The van der Waals surface area contributed by atoms with Crippen molar-refractivity contribution in [3.05, 3.63) is 69.0 Å². The van der Waals surface area contributed by atoms with Gasteiger partial charge in [0.2, 0.25) is 5.89 Å². The molecule has 2 aromatic heterocycles. The van der Waals surface area contributed by atoms with Gasteiger partial charge in [-0.15, -0.1) is 0 Å². The maximum Gasteiger partial charge on any atom is 0.420 e. The van der Waals surface area contributed by atoms with Gasteiger partial charge in [-0.25, -0.2) is 9.78 Å². The highest BCUT2D eigenvalue weighted by molar-refractivity contribution is 5.76. The molecule has 0 bridgehead atoms. The molecule has 0 aliphatic carbocycles. The molecule has 0 radical (unpaired) electrons. The van der Waals surface area contributed by atoms with Crippen molar-refractivity contribution in [3.8, 4) is 0 Å². The number of hydrogen-bond acceptors (Lipinski definition) is 6. The van der Waals surface area contributed by atoms with E-state index < -0.39 is 10.7 Å². The SMILES string of the molecule is O=c1oc2cc([N+](=O)[O-])ccc2n1Cc1nc2ccccc2o1. The molecule has 23 heavy (non-hydrogen) atoms. The van der Waals surface area contributed by atoms with Gasteiger partial charge in [-0.1, -0.05) is 12.1 Å². The van der Waals surface area contributed by atoms with Crippen LogP contribution in [0.15, 0.2) is 56.1 Å². The number of hydrogen-bond donors (Lipinski definition) is 0. The van der Waals surface area contributed by atoms with Gasteiger partial charge < -0.3 is 8.83 Å². The van der Waals surface area contributed by atoms with E-state index in [9.17, 15) is 14.9 Å². The van der Waals surface area contributed by atoms with Crippen LogP contribution in [0.5, 0.6) is 0 Å². The normalized spacial score (nSPS) is 11.3. The van der Waals surface area contributed by atoms with Crippen molar-refractivity contribution in [3.63, 3.8) is 0 Å². The lowest BCUT2D eigenvalue weighted by Gasteiger charge is -1.97. The van der Waals surface area contributed by atoms with Gasteiger partial charge in [0.1, 0.15) is 12.1 Å². The molecule has 8 heteroatoms. The summed E-state index contributed by atoms with van der Waals surface area (Å²) < 4.78 is 12.0. The maximum atomic E-state index is 12.0. The van der Waals surface area contributed by atoms with Gasteiger partial charge in [-0.05, 0) is 18.2 Å². The molecule has 114 valence electrons. The molecule has 2 heterocycles. The summed E-state index contributed by atoms with van der Waals surface area (Å²) in [7, 11) is 0. The quantitative estimate of drug-likeness (QED) is 0.425. The summed E-state index contributed by atoms with van der Waals surface area (Å²) in [4.78, 5) is 26.5. The lowest BCUT2D eigenvalue weighted by atomic mass is 10.3. The van der Waals surface area contributed by atoms with E-state index in [2.05, 4.69) is 4.98 Å². The number of nitro groups is 1. The Kier molecular flexibility index (Phi) is 2.77. The molecule has 0 saturated heterocycles. The fourth-order valence-electron chi connectivity index (χ4n) is 2.44. The van der Waals surface area contributed by atoms with E-state index in [1.807, 2.05) is 18.2 Å². The predicted molar refractivity (Wildman–Crippen MR) is 80.2 cm³/mol. The monoisotopic (exact) mass is 311 g/mol. The van der Waals surface area contributed by atoms with Gasteiger partial charge in [0.05, 0.1) is 16.5 Å². The van der Waals surface area contributed by atoms with Gasteiger partial charge in [0.15, 0.2) is 11.2 Å². The third-order valence-electron chi connectivity index (χ3n) is 3.49. The van der Waals surface area contributed by atoms with E-state index in [1.165, 1.54) is 22.8 Å². The van der Waals surface area contributed by atoms with Crippen molar-refractivity contribution in [2.75, 3.05) is 0 Å². The summed E-state index contributed by atoms with van der Waals surface area (Å²) in [5, 5.41) is 10.8. The van der Waals surface area contributed by atoms with E-state index in [0.717, 1.165) is 0 Å². The minimum atomic E-state index is -0.622. The fraction of sp³-hybridized carbons (Fsp3) is 0.0667. The Labute approximate surface area is 127 Å². The molecular weight excluding hydrogens is 302 g/mol. The van der Waals surface area contributed by atoms with E-state index >= 15 is 0 Å². The van der Waals surface area contributed by atoms with E-state index in [4.69, 9.17) is 8.83 Å². The van der Waals surface area contributed by atoms with Gasteiger partial charge >= 0.3 is 5.76 Å². The van der Waals surface area contributed by atoms with Gasteiger partial charge in [-0.2, -0.15) is 0 Å². The number of para-hydroxylation sites is 2. The highest BCUT2D eigenvalue weighted by Crippen LogP contribution is 2.21. The third-order valence-corrected chi connectivity index (χ3v) is 3.49. The molecular formula is C15H9N3O5. The molecule has 2 aromatic carbocycles. The summed E-state index contributed by atoms with van der Waals surface area (Å²) >= 11 is 0. The van der Waals surface area contributed by atoms with Crippen LogP contribution in [0.25, 0.3) is 22.2 Å². The van der Waals surface area contributed by atoms with Crippen molar-refractivity contribution in [1.29, 1.82) is 0 Å². The molecule has 0 N–H and O–H groups in total. The van der Waals surface area contributed by atoms with E-state index in [-0.39, 0.29) is 17.8 Å². The Morgan fingerprint density at radius 1 is 1.13 bits per heavy atom. The van der Waals surface area contributed by atoms with Gasteiger partial charge in [-0.3, -0.25) is 14.7 Å². The molecule has 4 aromatic rings. The Hall–Kier alpha value is -3.42. The lowest BCUT2D eigenvalue weighted by molar-refractivity contribution is -0.384. The summed E-state index contributed by atoms with van der Waals surface area (Å²) in [6.45, 7) is 0.0817. The summed E-state index contributed by atoms with van der Waals surface area (Å²) in [6, 6.07) is 11.3. The molecule has 0 spiro atoms. The lowest BCUT2D eigenvalue weighted by Crippen LogP contribution is -2.14. The largest absolute Gasteiger partial charge is 0.439 e. The molecule has 4 rings (SSSR count). The maximum absolute atomic E-state index is 12.0. The second kappa shape index (κ2) is 4.80. The first-order valence-corrected chi connectivity index (χ1v) is 6.74. The number of rotatable bonds is 3. The molecule has 8 nitrogen and oxygen atoms in total. The topological polar surface area (TPSA) is 104 Å². The molecule has 0 fully saturated rings. The number of fused-ring (bicyclic) bond motifs is 2. The molecule has 0 atom stereocenters. The van der Waals surface area contributed by atoms with Crippen LogP contribution in [0.1, 0.15) is 5.89 Å². The predicted octanol–water partition coefficient (Wildman–Crippen LogP) is 2.69. The van der Waals surface area contributed by atoms with Gasteiger partial charge in [0, 0.05) is 6.07 Å². The smallest absolute Gasteiger partial charge is 0.420 e. The zero-order chi connectivity index (χ0) is 16.0. The van der Waals surface area contributed by atoms with Crippen LogP contribution in [0.4, 0.5) is 5.69 Å². The number of oxazole rings is 2. The highest BCUT2D eigenvalue weighted by Gasteiger charge is 2.16.